The molecule has 94 valence electrons. The molecule has 2 rings (SSSR count). The van der Waals surface area contributed by atoms with Crippen molar-refractivity contribution >= 4 is 17.4 Å². The van der Waals surface area contributed by atoms with Crippen LogP contribution in [0.25, 0.3) is 0 Å². The number of aryl methyl sites for hydroxylation is 1. The third-order valence-corrected chi connectivity index (χ3v) is 2.38. The largest absolute Gasteiger partial charge is 0.326 e. The van der Waals surface area contributed by atoms with E-state index >= 15 is 0 Å². The van der Waals surface area contributed by atoms with Crippen molar-refractivity contribution < 1.29 is 4.79 Å². The summed E-state index contributed by atoms with van der Waals surface area (Å²) < 4.78 is 1.62. The molecular weight excluding hydrogens is 230 g/mol. The highest BCUT2D eigenvalue weighted by Gasteiger charge is 2.04. The van der Waals surface area contributed by atoms with Gasteiger partial charge in [-0.2, -0.15) is 5.10 Å². The summed E-state index contributed by atoms with van der Waals surface area (Å²) >= 11 is 0. The number of rotatable bonds is 3. The van der Waals surface area contributed by atoms with Crippen molar-refractivity contribution in [3.05, 3.63) is 42.2 Å². The van der Waals surface area contributed by atoms with Crippen molar-refractivity contribution in [3.63, 3.8) is 0 Å². The molecule has 0 bridgehead atoms. The summed E-state index contributed by atoms with van der Waals surface area (Å²) in [4.78, 5) is 11.7. The Hall–Kier alpha value is -2.34. The van der Waals surface area contributed by atoms with Gasteiger partial charge in [-0.3, -0.25) is 4.68 Å². The maximum Gasteiger partial charge on any atom is 0.323 e. The molecular formula is C12H15N5O. The Kier molecular flexibility index (Phi) is 3.59. The molecule has 1 heterocycles. The van der Waals surface area contributed by atoms with Crippen LogP contribution >= 0.6 is 0 Å². The molecule has 1 aromatic carbocycles. The highest BCUT2D eigenvalue weighted by Crippen LogP contribution is 2.11. The fourth-order valence-corrected chi connectivity index (χ4v) is 1.56. The number of anilines is 2. The van der Waals surface area contributed by atoms with Crippen LogP contribution in [-0.2, 0) is 13.6 Å². The van der Waals surface area contributed by atoms with Gasteiger partial charge in [-0.25, -0.2) is 4.79 Å². The van der Waals surface area contributed by atoms with Gasteiger partial charge in [0, 0.05) is 25.5 Å². The summed E-state index contributed by atoms with van der Waals surface area (Å²) in [6.07, 6.45) is 3.30. The van der Waals surface area contributed by atoms with Gasteiger partial charge in [0.15, 0.2) is 0 Å². The average molecular weight is 245 g/mol. The molecule has 0 atom stereocenters. The highest BCUT2D eigenvalue weighted by atomic mass is 16.2. The Labute approximate surface area is 105 Å². The van der Waals surface area contributed by atoms with Crippen LogP contribution < -0.4 is 16.4 Å². The first-order chi connectivity index (χ1) is 8.67. The lowest BCUT2D eigenvalue weighted by atomic mass is 10.2. The van der Waals surface area contributed by atoms with Crippen molar-refractivity contribution in [3.8, 4) is 0 Å². The lowest BCUT2D eigenvalue weighted by Crippen LogP contribution is -2.19. The molecule has 0 unspecified atom stereocenters. The van der Waals surface area contributed by atoms with Crippen LogP contribution in [-0.4, -0.2) is 15.8 Å². The second-order valence-corrected chi connectivity index (χ2v) is 3.89. The van der Waals surface area contributed by atoms with Crippen molar-refractivity contribution in [2.45, 2.75) is 6.54 Å². The zero-order valence-corrected chi connectivity index (χ0v) is 10.1. The van der Waals surface area contributed by atoms with E-state index in [0.717, 1.165) is 5.56 Å². The maximum absolute atomic E-state index is 11.7. The number of aromatic nitrogens is 2. The number of nitrogens with zero attached hydrogens (tertiary/aromatic N) is 2. The van der Waals surface area contributed by atoms with Gasteiger partial charge in [0.2, 0.25) is 0 Å². The average Bonchev–Trinajstić information content (AvgIpc) is 2.74. The fraction of sp³-hybridized carbons (Fsp3) is 0.167. The molecule has 6 nitrogen and oxygen atoms in total. The van der Waals surface area contributed by atoms with Gasteiger partial charge in [0.05, 0.1) is 11.9 Å². The molecule has 0 spiro atoms. The molecule has 2 aromatic rings. The lowest BCUT2D eigenvalue weighted by Gasteiger charge is -2.07. The van der Waals surface area contributed by atoms with Gasteiger partial charge in [-0.1, -0.05) is 12.1 Å². The van der Waals surface area contributed by atoms with Gasteiger partial charge in [-0.15, -0.1) is 0 Å². The van der Waals surface area contributed by atoms with Crippen molar-refractivity contribution in [1.29, 1.82) is 0 Å². The number of carbonyl (C=O) groups is 1. The molecule has 2 amide bonds. The number of hydrogen-bond acceptors (Lipinski definition) is 3. The molecule has 0 aliphatic carbocycles. The zero-order valence-electron chi connectivity index (χ0n) is 10.1. The van der Waals surface area contributed by atoms with E-state index in [2.05, 4.69) is 15.7 Å². The van der Waals surface area contributed by atoms with E-state index in [1.165, 1.54) is 0 Å². The van der Waals surface area contributed by atoms with Crippen molar-refractivity contribution in [2.75, 3.05) is 10.6 Å². The minimum Gasteiger partial charge on any atom is -0.326 e. The Morgan fingerprint density at radius 2 is 2.17 bits per heavy atom. The van der Waals surface area contributed by atoms with E-state index in [1.807, 2.05) is 24.3 Å². The van der Waals surface area contributed by atoms with Crippen molar-refractivity contribution in [1.82, 2.24) is 9.78 Å². The third-order valence-electron chi connectivity index (χ3n) is 2.38. The van der Waals surface area contributed by atoms with E-state index in [9.17, 15) is 4.79 Å². The first-order valence-electron chi connectivity index (χ1n) is 5.53. The number of nitrogens with two attached hydrogens (primary N) is 1. The van der Waals surface area contributed by atoms with Crippen LogP contribution in [0.4, 0.5) is 16.2 Å². The number of carbonyl (C=O) groups excluding carboxylic acids is 1. The van der Waals surface area contributed by atoms with Gasteiger partial charge >= 0.3 is 6.03 Å². The van der Waals surface area contributed by atoms with Crippen LogP contribution in [0.2, 0.25) is 0 Å². The van der Waals surface area contributed by atoms with Crippen LogP contribution in [0.15, 0.2) is 36.7 Å². The highest BCUT2D eigenvalue weighted by molar-refractivity contribution is 5.99. The number of benzene rings is 1. The molecule has 0 fully saturated rings. The smallest absolute Gasteiger partial charge is 0.323 e. The summed E-state index contributed by atoms with van der Waals surface area (Å²) in [6.45, 7) is 0.444. The van der Waals surface area contributed by atoms with E-state index < -0.39 is 0 Å². The topological polar surface area (TPSA) is 85.0 Å². The Balaban J connectivity index is 1.98. The summed E-state index contributed by atoms with van der Waals surface area (Å²) in [6, 6.07) is 7.09. The molecule has 0 aliphatic rings. The van der Waals surface area contributed by atoms with Crippen LogP contribution in [0, 0.1) is 0 Å². The zero-order chi connectivity index (χ0) is 13.0. The second-order valence-electron chi connectivity index (χ2n) is 3.89. The second kappa shape index (κ2) is 5.33. The van der Waals surface area contributed by atoms with Crippen LogP contribution in [0.1, 0.15) is 5.56 Å². The molecule has 0 radical (unpaired) electrons. The number of amides is 2. The van der Waals surface area contributed by atoms with Gasteiger partial charge in [0.25, 0.3) is 0 Å². The molecule has 0 saturated carbocycles. The lowest BCUT2D eigenvalue weighted by molar-refractivity contribution is 0.262. The quantitative estimate of drug-likeness (QED) is 0.766. The predicted molar refractivity (Wildman–Crippen MR) is 70.2 cm³/mol. The molecule has 1 aromatic heterocycles. The van der Waals surface area contributed by atoms with Gasteiger partial charge in [-0.05, 0) is 17.7 Å². The SMILES string of the molecule is Cn1cc(NC(=O)Nc2cccc(CN)c2)cn1. The summed E-state index contributed by atoms with van der Waals surface area (Å²) in [5.41, 5.74) is 7.85. The van der Waals surface area contributed by atoms with E-state index in [1.54, 1.807) is 24.1 Å². The minimum atomic E-state index is -0.308. The molecule has 4 N–H and O–H groups in total. The monoisotopic (exact) mass is 245 g/mol. The Morgan fingerprint density at radius 1 is 1.39 bits per heavy atom. The predicted octanol–water partition coefficient (Wildman–Crippen LogP) is 1.52. The normalized spacial score (nSPS) is 10.1. The Bertz CT molecular complexity index is 549. The van der Waals surface area contributed by atoms with E-state index in [4.69, 9.17) is 5.73 Å². The van der Waals surface area contributed by atoms with E-state index in [-0.39, 0.29) is 6.03 Å². The fourth-order valence-electron chi connectivity index (χ4n) is 1.56. The molecule has 6 heteroatoms. The number of hydrogen-bond donors (Lipinski definition) is 3. The van der Waals surface area contributed by atoms with Crippen molar-refractivity contribution in [2.24, 2.45) is 12.8 Å². The van der Waals surface area contributed by atoms with Crippen LogP contribution in [0.3, 0.4) is 0 Å². The number of urea groups is 1. The van der Waals surface area contributed by atoms with Gasteiger partial charge in [0.1, 0.15) is 0 Å². The molecule has 0 saturated heterocycles. The van der Waals surface area contributed by atoms with Crippen LogP contribution in [0.5, 0.6) is 0 Å². The first kappa shape index (κ1) is 12.1. The standard InChI is InChI=1S/C12H15N5O/c1-17-8-11(7-14-17)16-12(18)15-10-4-2-3-9(5-10)6-13/h2-5,7-8H,6,13H2,1H3,(H2,15,16,18). The summed E-state index contributed by atoms with van der Waals surface area (Å²) in [7, 11) is 1.79. The van der Waals surface area contributed by atoms with Gasteiger partial charge < -0.3 is 16.4 Å². The molecule has 18 heavy (non-hydrogen) atoms. The van der Waals surface area contributed by atoms with E-state index in [0.29, 0.717) is 17.9 Å². The Morgan fingerprint density at radius 3 is 2.83 bits per heavy atom. The maximum atomic E-state index is 11.7. The first-order valence-corrected chi connectivity index (χ1v) is 5.53. The summed E-state index contributed by atoms with van der Waals surface area (Å²) in [5.74, 6) is 0. The summed E-state index contributed by atoms with van der Waals surface area (Å²) in [5, 5.41) is 9.38. The third kappa shape index (κ3) is 3.08. The minimum absolute atomic E-state index is 0.308. The number of nitrogens with one attached hydrogen (secondary N) is 2. The molecule has 0 aliphatic heterocycles.